The molecule has 0 aromatic rings. The highest BCUT2D eigenvalue weighted by Crippen LogP contribution is 2.30. The number of hydrogen-bond donors (Lipinski definition) is 0. The average Bonchev–Trinajstić information content (AvgIpc) is 2.27. The third kappa shape index (κ3) is 6.27. The van der Waals surface area contributed by atoms with Crippen LogP contribution in [-0.2, 0) is 14.3 Å². The smallest absolute Gasteiger partial charge is 0.391 e. The maximum atomic E-state index is 12.2. The van der Waals surface area contributed by atoms with Gasteiger partial charge in [-0.3, -0.25) is 4.79 Å². The van der Waals surface area contributed by atoms with E-state index < -0.39 is 18.7 Å². The van der Waals surface area contributed by atoms with Crippen molar-refractivity contribution < 1.29 is 27.4 Å². The number of carbonyl (C=O) groups is 1. The lowest BCUT2D eigenvalue weighted by Gasteiger charge is -2.29. The predicted molar refractivity (Wildman–Crippen MR) is 63.6 cm³/mol. The molecule has 1 saturated carbocycles. The molecule has 0 aromatic carbocycles. The lowest BCUT2D eigenvalue weighted by atomic mass is 9.87. The van der Waals surface area contributed by atoms with Crippen LogP contribution in [0.1, 0.15) is 46.0 Å². The van der Waals surface area contributed by atoms with Gasteiger partial charge in [-0.15, -0.1) is 0 Å². The lowest BCUT2D eigenvalue weighted by molar-refractivity contribution is -0.167. The van der Waals surface area contributed by atoms with Crippen LogP contribution < -0.4 is 0 Å². The minimum atomic E-state index is -4.19. The Hall–Kier alpha value is -0.780. The SMILES string of the molecule is CCOC(=O)[C@H]1CC[C@@H](OC(C)CC(F)(F)F)CC1. The van der Waals surface area contributed by atoms with Crippen LogP contribution >= 0.6 is 0 Å². The molecule has 112 valence electrons. The molecule has 0 N–H and O–H groups in total. The number of rotatable bonds is 5. The van der Waals surface area contributed by atoms with Crippen molar-refractivity contribution in [1.29, 1.82) is 0 Å². The van der Waals surface area contributed by atoms with Crippen LogP contribution in [0.15, 0.2) is 0 Å². The van der Waals surface area contributed by atoms with E-state index in [1.54, 1.807) is 6.92 Å². The Morgan fingerprint density at radius 3 is 2.32 bits per heavy atom. The second kappa shape index (κ2) is 7.12. The van der Waals surface area contributed by atoms with Gasteiger partial charge in [0.15, 0.2) is 0 Å². The average molecular weight is 282 g/mol. The molecule has 0 saturated heterocycles. The minimum absolute atomic E-state index is 0.127. The van der Waals surface area contributed by atoms with Crippen LogP contribution in [-0.4, -0.2) is 31.0 Å². The molecule has 0 aromatic heterocycles. The highest BCUT2D eigenvalue weighted by atomic mass is 19.4. The standard InChI is InChI=1S/C13H21F3O3/c1-3-18-12(17)10-4-6-11(7-5-10)19-9(2)8-13(14,15)16/h9-11H,3-8H2,1-2H3/t9?,10-,11+. The minimum Gasteiger partial charge on any atom is -0.466 e. The van der Waals surface area contributed by atoms with Crippen molar-refractivity contribution in [3.05, 3.63) is 0 Å². The fourth-order valence-corrected chi connectivity index (χ4v) is 2.40. The molecule has 1 rings (SSSR count). The van der Waals surface area contributed by atoms with E-state index in [2.05, 4.69) is 0 Å². The van der Waals surface area contributed by atoms with E-state index in [-0.39, 0.29) is 18.0 Å². The van der Waals surface area contributed by atoms with E-state index in [4.69, 9.17) is 9.47 Å². The number of ether oxygens (including phenoxy) is 2. The zero-order chi connectivity index (χ0) is 14.5. The molecule has 1 unspecified atom stereocenters. The molecule has 0 aliphatic heterocycles. The second-order valence-corrected chi connectivity index (χ2v) is 4.99. The number of alkyl halides is 3. The number of esters is 1. The quantitative estimate of drug-likeness (QED) is 0.724. The number of halogens is 3. The van der Waals surface area contributed by atoms with Crippen molar-refractivity contribution in [2.75, 3.05) is 6.61 Å². The van der Waals surface area contributed by atoms with Crippen molar-refractivity contribution in [2.24, 2.45) is 5.92 Å². The van der Waals surface area contributed by atoms with Gasteiger partial charge in [0.05, 0.1) is 31.2 Å². The summed E-state index contributed by atoms with van der Waals surface area (Å²) >= 11 is 0. The number of carbonyl (C=O) groups excluding carboxylic acids is 1. The Kier molecular flexibility index (Phi) is 6.10. The maximum absolute atomic E-state index is 12.2. The van der Waals surface area contributed by atoms with Gasteiger partial charge < -0.3 is 9.47 Å². The summed E-state index contributed by atoms with van der Waals surface area (Å²) in [5.41, 5.74) is 0. The van der Waals surface area contributed by atoms with Gasteiger partial charge >= 0.3 is 12.1 Å². The van der Waals surface area contributed by atoms with Gasteiger partial charge in [0.25, 0.3) is 0 Å². The summed E-state index contributed by atoms with van der Waals surface area (Å²) in [4.78, 5) is 11.5. The van der Waals surface area contributed by atoms with E-state index >= 15 is 0 Å². The summed E-state index contributed by atoms with van der Waals surface area (Å²) in [7, 11) is 0. The molecule has 1 atom stereocenters. The van der Waals surface area contributed by atoms with E-state index in [1.165, 1.54) is 6.92 Å². The molecule has 0 amide bonds. The van der Waals surface area contributed by atoms with Crippen molar-refractivity contribution in [2.45, 2.75) is 64.3 Å². The van der Waals surface area contributed by atoms with E-state index in [0.717, 1.165) is 0 Å². The first kappa shape index (κ1) is 16.3. The molecule has 3 nitrogen and oxygen atoms in total. The van der Waals surface area contributed by atoms with Crippen LogP contribution in [0, 0.1) is 5.92 Å². The fourth-order valence-electron chi connectivity index (χ4n) is 2.40. The van der Waals surface area contributed by atoms with Gasteiger partial charge in [0.2, 0.25) is 0 Å². The van der Waals surface area contributed by atoms with E-state index in [0.29, 0.717) is 32.3 Å². The molecule has 0 heterocycles. The van der Waals surface area contributed by atoms with E-state index in [9.17, 15) is 18.0 Å². The van der Waals surface area contributed by atoms with Gasteiger partial charge in [-0.1, -0.05) is 0 Å². The molecule has 1 fully saturated rings. The Morgan fingerprint density at radius 1 is 1.26 bits per heavy atom. The zero-order valence-corrected chi connectivity index (χ0v) is 11.3. The molecular weight excluding hydrogens is 261 g/mol. The Bertz CT molecular complexity index is 283. The second-order valence-electron chi connectivity index (χ2n) is 4.99. The first-order chi connectivity index (χ1) is 8.81. The van der Waals surface area contributed by atoms with Crippen molar-refractivity contribution in [1.82, 2.24) is 0 Å². The first-order valence-corrected chi connectivity index (χ1v) is 6.70. The van der Waals surface area contributed by atoms with Crippen molar-refractivity contribution >= 4 is 5.97 Å². The highest BCUT2D eigenvalue weighted by Gasteiger charge is 2.33. The molecule has 19 heavy (non-hydrogen) atoms. The van der Waals surface area contributed by atoms with E-state index in [1.807, 2.05) is 0 Å². The predicted octanol–water partition coefficient (Wildman–Crippen LogP) is 3.47. The van der Waals surface area contributed by atoms with Gasteiger partial charge in [-0.05, 0) is 39.5 Å². The molecular formula is C13H21F3O3. The summed E-state index contributed by atoms with van der Waals surface area (Å²) in [6.07, 6.45) is -3.64. The van der Waals surface area contributed by atoms with Crippen LogP contribution in [0.2, 0.25) is 0 Å². The third-order valence-electron chi connectivity index (χ3n) is 3.24. The summed E-state index contributed by atoms with van der Waals surface area (Å²) in [5.74, 6) is -0.331. The van der Waals surface area contributed by atoms with Crippen molar-refractivity contribution in [3.63, 3.8) is 0 Å². The van der Waals surface area contributed by atoms with Gasteiger partial charge in [0.1, 0.15) is 0 Å². The maximum Gasteiger partial charge on any atom is 0.391 e. The van der Waals surface area contributed by atoms with Gasteiger partial charge in [-0.2, -0.15) is 13.2 Å². The normalized spacial score (nSPS) is 25.9. The molecule has 1 aliphatic rings. The summed E-state index contributed by atoms with van der Waals surface area (Å²) in [5, 5.41) is 0. The summed E-state index contributed by atoms with van der Waals surface area (Å²) in [6.45, 7) is 3.55. The molecule has 0 bridgehead atoms. The van der Waals surface area contributed by atoms with Crippen LogP contribution in [0.25, 0.3) is 0 Å². The zero-order valence-electron chi connectivity index (χ0n) is 11.3. The van der Waals surface area contributed by atoms with Crippen molar-refractivity contribution in [3.8, 4) is 0 Å². The van der Waals surface area contributed by atoms with Crippen LogP contribution in [0.4, 0.5) is 13.2 Å². The molecule has 6 heteroatoms. The monoisotopic (exact) mass is 282 g/mol. The lowest BCUT2D eigenvalue weighted by Crippen LogP contribution is -2.31. The Morgan fingerprint density at radius 2 is 1.84 bits per heavy atom. The Balaban J connectivity index is 2.28. The third-order valence-corrected chi connectivity index (χ3v) is 3.24. The molecule has 1 aliphatic carbocycles. The van der Waals surface area contributed by atoms with Crippen LogP contribution in [0.3, 0.4) is 0 Å². The topological polar surface area (TPSA) is 35.5 Å². The molecule has 0 radical (unpaired) electrons. The van der Waals surface area contributed by atoms with Gasteiger partial charge in [-0.25, -0.2) is 0 Å². The molecule has 0 spiro atoms. The summed E-state index contributed by atoms with van der Waals surface area (Å²) < 4.78 is 46.8. The largest absolute Gasteiger partial charge is 0.466 e. The highest BCUT2D eigenvalue weighted by molar-refractivity contribution is 5.72. The Labute approximate surface area is 111 Å². The fraction of sp³-hybridized carbons (Fsp3) is 0.923. The van der Waals surface area contributed by atoms with Crippen LogP contribution in [0.5, 0.6) is 0 Å². The summed E-state index contributed by atoms with van der Waals surface area (Å²) in [6, 6.07) is 0. The van der Waals surface area contributed by atoms with Gasteiger partial charge in [0, 0.05) is 0 Å². The first-order valence-electron chi connectivity index (χ1n) is 6.70. The number of hydrogen-bond acceptors (Lipinski definition) is 3.